The second-order valence-electron chi connectivity index (χ2n) is 3.47. The van der Waals surface area contributed by atoms with E-state index in [9.17, 15) is 4.39 Å². The molecule has 76 valence electrons. The molecule has 14 heavy (non-hydrogen) atoms. The van der Waals surface area contributed by atoms with Crippen LogP contribution in [0.25, 0.3) is 0 Å². The van der Waals surface area contributed by atoms with Crippen LogP contribution < -0.4 is 4.90 Å². The Balaban J connectivity index is 2.23. The molecule has 0 aromatic carbocycles. The largest absolute Gasteiger partial charge is 0.392 e. The van der Waals surface area contributed by atoms with Gasteiger partial charge in [-0.15, -0.1) is 0 Å². The summed E-state index contributed by atoms with van der Waals surface area (Å²) in [6.07, 6.45) is 2.29. The predicted octanol–water partition coefficient (Wildman–Crippen LogP) is 1.31. The van der Waals surface area contributed by atoms with Gasteiger partial charge in [-0.3, -0.25) is 0 Å². The number of hydrogen-bond donors (Lipinski definition) is 1. The fourth-order valence-electron chi connectivity index (χ4n) is 1.69. The van der Waals surface area contributed by atoms with Crippen LogP contribution >= 0.6 is 0 Å². The molecular weight excluding hydrogens is 183 g/mol. The number of nitrogens with zero attached hydrogens (tertiary/aromatic N) is 2. The number of hydrogen-bond acceptors (Lipinski definition) is 3. The lowest BCUT2D eigenvalue weighted by atomic mass is 10.3. The third kappa shape index (κ3) is 1.70. The van der Waals surface area contributed by atoms with Crippen molar-refractivity contribution in [2.75, 3.05) is 18.0 Å². The number of aliphatic hydroxyl groups excluding tert-OH is 1. The molecule has 1 aromatic heterocycles. The quantitative estimate of drug-likeness (QED) is 0.724. The monoisotopic (exact) mass is 196 g/mol. The molecule has 0 radical (unpaired) electrons. The Morgan fingerprint density at radius 1 is 1.36 bits per heavy atom. The standard InChI is InChI=1S/C10H13FN2O/c11-10-8(7-14)3-4-9(12-10)13-5-1-2-6-13/h3-4,14H,1-2,5-7H2. The molecule has 1 aromatic rings. The Labute approximate surface area is 82.2 Å². The maximum absolute atomic E-state index is 13.2. The van der Waals surface area contributed by atoms with Crippen LogP contribution in [0.15, 0.2) is 12.1 Å². The zero-order valence-corrected chi connectivity index (χ0v) is 7.91. The fraction of sp³-hybridized carbons (Fsp3) is 0.500. The molecule has 0 amide bonds. The van der Waals surface area contributed by atoms with Gasteiger partial charge in [0.05, 0.1) is 6.61 Å². The van der Waals surface area contributed by atoms with Crippen LogP contribution in [0, 0.1) is 5.95 Å². The first-order chi connectivity index (χ1) is 6.81. The topological polar surface area (TPSA) is 36.4 Å². The van der Waals surface area contributed by atoms with Crippen molar-refractivity contribution in [2.24, 2.45) is 0 Å². The molecule has 0 atom stereocenters. The van der Waals surface area contributed by atoms with Crippen molar-refractivity contribution >= 4 is 5.82 Å². The molecule has 0 bridgehead atoms. The van der Waals surface area contributed by atoms with E-state index in [0.29, 0.717) is 5.82 Å². The van der Waals surface area contributed by atoms with Gasteiger partial charge in [0.1, 0.15) is 5.82 Å². The fourth-order valence-corrected chi connectivity index (χ4v) is 1.69. The Morgan fingerprint density at radius 3 is 2.64 bits per heavy atom. The SMILES string of the molecule is OCc1ccc(N2CCCC2)nc1F. The van der Waals surface area contributed by atoms with Crippen molar-refractivity contribution in [1.82, 2.24) is 4.98 Å². The van der Waals surface area contributed by atoms with E-state index in [1.54, 1.807) is 12.1 Å². The lowest BCUT2D eigenvalue weighted by molar-refractivity contribution is 0.274. The molecule has 1 N–H and O–H groups in total. The van der Waals surface area contributed by atoms with E-state index in [4.69, 9.17) is 5.11 Å². The summed E-state index contributed by atoms with van der Waals surface area (Å²) in [5.41, 5.74) is 0.257. The summed E-state index contributed by atoms with van der Waals surface area (Å²) < 4.78 is 13.2. The van der Waals surface area contributed by atoms with Gasteiger partial charge in [-0.2, -0.15) is 4.39 Å². The molecule has 0 spiro atoms. The highest BCUT2D eigenvalue weighted by atomic mass is 19.1. The summed E-state index contributed by atoms with van der Waals surface area (Å²) in [6.45, 7) is 1.61. The average molecular weight is 196 g/mol. The van der Waals surface area contributed by atoms with Crippen LogP contribution in [0.4, 0.5) is 10.2 Å². The second-order valence-corrected chi connectivity index (χ2v) is 3.47. The minimum atomic E-state index is -0.558. The maximum Gasteiger partial charge on any atom is 0.220 e. The van der Waals surface area contributed by atoms with Gasteiger partial charge >= 0.3 is 0 Å². The summed E-state index contributed by atoms with van der Waals surface area (Å²) in [6, 6.07) is 3.36. The highest BCUT2D eigenvalue weighted by Crippen LogP contribution is 2.19. The third-order valence-corrected chi connectivity index (χ3v) is 2.51. The summed E-state index contributed by atoms with van der Waals surface area (Å²) in [5.74, 6) is 0.120. The Kier molecular flexibility index (Phi) is 2.63. The smallest absolute Gasteiger partial charge is 0.220 e. The lowest BCUT2D eigenvalue weighted by Gasteiger charge is -2.16. The number of pyridine rings is 1. The first-order valence-corrected chi connectivity index (χ1v) is 4.82. The summed E-state index contributed by atoms with van der Waals surface area (Å²) in [5, 5.41) is 8.78. The molecule has 1 saturated heterocycles. The van der Waals surface area contributed by atoms with E-state index < -0.39 is 5.95 Å². The summed E-state index contributed by atoms with van der Waals surface area (Å²) >= 11 is 0. The van der Waals surface area contributed by atoms with Gasteiger partial charge in [0.25, 0.3) is 0 Å². The van der Waals surface area contributed by atoms with Crippen molar-refractivity contribution in [3.63, 3.8) is 0 Å². The van der Waals surface area contributed by atoms with E-state index in [0.717, 1.165) is 25.9 Å². The highest BCUT2D eigenvalue weighted by Gasteiger charge is 2.14. The number of halogens is 1. The lowest BCUT2D eigenvalue weighted by Crippen LogP contribution is -2.19. The molecule has 2 heterocycles. The van der Waals surface area contributed by atoms with Gasteiger partial charge in [0.15, 0.2) is 0 Å². The Hall–Kier alpha value is -1.16. The highest BCUT2D eigenvalue weighted by molar-refractivity contribution is 5.40. The second kappa shape index (κ2) is 3.92. The van der Waals surface area contributed by atoms with E-state index in [-0.39, 0.29) is 12.2 Å². The van der Waals surface area contributed by atoms with Crippen LogP contribution in [0.1, 0.15) is 18.4 Å². The van der Waals surface area contributed by atoms with Gasteiger partial charge in [-0.1, -0.05) is 0 Å². The molecule has 3 nitrogen and oxygen atoms in total. The van der Waals surface area contributed by atoms with E-state index in [2.05, 4.69) is 9.88 Å². The Bertz CT molecular complexity index is 324. The van der Waals surface area contributed by atoms with Crippen molar-refractivity contribution in [1.29, 1.82) is 0 Å². The van der Waals surface area contributed by atoms with Crippen molar-refractivity contribution in [2.45, 2.75) is 19.4 Å². The molecule has 4 heteroatoms. The zero-order chi connectivity index (χ0) is 9.97. The normalized spacial score (nSPS) is 16.3. The zero-order valence-electron chi connectivity index (χ0n) is 7.91. The van der Waals surface area contributed by atoms with Gasteiger partial charge in [-0.05, 0) is 25.0 Å². The van der Waals surface area contributed by atoms with Crippen LogP contribution in [0.2, 0.25) is 0 Å². The Morgan fingerprint density at radius 2 is 2.07 bits per heavy atom. The minimum absolute atomic E-state index is 0.257. The van der Waals surface area contributed by atoms with E-state index in [1.807, 2.05) is 0 Å². The van der Waals surface area contributed by atoms with E-state index in [1.165, 1.54) is 0 Å². The van der Waals surface area contributed by atoms with Gasteiger partial charge in [0.2, 0.25) is 5.95 Å². The molecule has 1 aliphatic rings. The third-order valence-electron chi connectivity index (χ3n) is 2.51. The van der Waals surface area contributed by atoms with Crippen molar-refractivity contribution in [3.05, 3.63) is 23.6 Å². The molecule has 1 fully saturated rings. The van der Waals surface area contributed by atoms with Gasteiger partial charge in [-0.25, -0.2) is 4.98 Å². The van der Waals surface area contributed by atoms with Crippen LogP contribution in [0.3, 0.4) is 0 Å². The molecule has 0 unspecified atom stereocenters. The minimum Gasteiger partial charge on any atom is -0.392 e. The molecule has 2 rings (SSSR count). The van der Waals surface area contributed by atoms with Gasteiger partial charge < -0.3 is 10.0 Å². The average Bonchev–Trinajstić information content (AvgIpc) is 2.70. The molecule has 0 aliphatic carbocycles. The van der Waals surface area contributed by atoms with Crippen LogP contribution in [-0.4, -0.2) is 23.2 Å². The maximum atomic E-state index is 13.2. The van der Waals surface area contributed by atoms with Crippen molar-refractivity contribution < 1.29 is 9.50 Å². The summed E-state index contributed by atoms with van der Waals surface area (Å²) in [4.78, 5) is 5.88. The van der Waals surface area contributed by atoms with Gasteiger partial charge in [0, 0.05) is 18.7 Å². The molecule has 1 aliphatic heterocycles. The first kappa shape index (κ1) is 9.40. The molecule has 0 saturated carbocycles. The predicted molar refractivity (Wildman–Crippen MR) is 51.6 cm³/mol. The van der Waals surface area contributed by atoms with Crippen molar-refractivity contribution in [3.8, 4) is 0 Å². The number of aliphatic hydroxyl groups is 1. The van der Waals surface area contributed by atoms with E-state index >= 15 is 0 Å². The molecular formula is C10H13FN2O. The van der Waals surface area contributed by atoms with Crippen LogP contribution in [0.5, 0.6) is 0 Å². The number of rotatable bonds is 2. The number of anilines is 1. The van der Waals surface area contributed by atoms with Crippen LogP contribution in [-0.2, 0) is 6.61 Å². The number of aromatic nitrogens is 1. The first-order valence-electron chi connectivity index (χ1n) is 4.82. The summed E-state index contributed by atoms with van der Waals surface area (Å²) in [7, 11) is 0.